The monoisotopic (exact) mass is 376 g/mol. The van der Waals surface area contributed by atoms with Crippen molar-refractivity contribution in [3.05, 3.63) is 25.3 Å². The van der Waals surface area contributed by atoms with Gasteiger partial charge in [-0.15, -0.1) is 5.92 Å². The number of aromatic nitrogens is 4. The van der Waals surface area contributed by atoms with Crippen LogP contribution in [-0.2, 0) is 27.0 Å². The topological polar surface area (TPSA) is 43.6 Å². The van der Waals surface area contributed by atoms with E-state index in [1.807, 2.05) is 11.5 Å². The van der Waals surface area contributed by atoms with Crippen LogP contribution in [0.15, 0.2) is 12.7 Å². The van der Waals surface area contributed by atoms with E-state index in [9.17, 15) is 0 Å². The smallest absolute Gasteiger partial charge is 0.163 e. The fourth-order valence-electron chi connectivity index (χ4n) is 1.49. The molecule has 0 spiro atoms. The molecule has 0 saturated carbocycles. The van der Waals surface area contributed by atoms with Crippen LogP contribution in [-0.4, -0.2) is 19.5 Å². The van der Waals surface area contributed by atoms with Crippen LogP contribution in [0.5, 0.6) is 0 Å². The summed E-state index contributed by atoms with van der Waals surface area (Å²) in [7, 11) is 0. The first-order valence-corrected chi connectivity index (χ1v) is 4.72. The molecule has 0 fully saturated rings. The minimum absolute atomic E-state index is 0. The third kappa shape index (κ3) is 2.09. The maximum Gasteiger partial charge on any atom is 0.163 e. The van der Waals surface area contributed by atoms with Crippen LogP contribution < -0.4 is 0 Å². The first-order chi connectivity index (χ1) is 6.74. The Morgan fingerprint density at radius 3 is 2.73 bits per heavy atom. The van der Waals surface area contributed by atoms with Crippen LogP contribution in [0.4, 0.5) is 0 Å². The summed E-state index contributed by atoms with van der Waals surface area (Å²) in [5.74, 6) is 0.140. The van der Waals surface area contributed by atoms with E-state index in [1.54, 1.807) is 12.7 Å². The molecule has 2 heterocycles. The first-order valence-electron chi connectivity index (χ1n) is 4.72. The number of rotatable bonds is 2. The van der Waals surface area contributed by atoms with Gasteiger partial charge < -0.3 is 11.5 Å². The van der Waals surface area contributed by atoms with Crippen molar-refractivity contribution in [1.29, 1.82) is 0 Å². The van der Waals surface area contributed by atoms with Crippen LogP contribution in [0.25, 0.3) is 11.2 Å². The number of imidazole rings is 1. The Balaban J connectivity index is 0.00000112. The summed E-state index contributed by atoms with van der Waals surface area (Å²) >= 11 is 0. The number of hydrogen-bond donors (Lipinski definition) is 0. The second-order valence-electron chi connectivity index (χ2n) is 3.36. The second kappa shape index (κ2) is 4.82. The van der Waals surface area contributed by atoms with E-state index >= 15 is 0 Å². The predicted octanol–water partition coefficient (Wildman–Crippen LogP) is 1.78. The Kier molecular flexibility index (Phi) is 3.95. The van der Waals surface area contributed by atoms with E-state index in [0.717, 1.165) is 23.4 Å². The number of fused-ring (bicyclic) bond motifs is 1. The van der Waals surface area contributed by atoms with Gasteiger partial charge in [-0.1, -0.05) is 6.92 Å². The molecule has 0 N–H and O–H groups in total. The second-order valence-corrected chi connectivity index (χ2v) is 3.36. The molecule has 4 nitrogen and oxygen atoms in total. The molecular formula is C10H13N4Re-. The normalized spacial score (nSPS) is 12.5. The third-order valence-electron chi connectivity index (χ3n) is 2.24. The molecule has 0 aliphatic rings. The summed E-state index contributed by atoms with van der Waals surface area (Å²) in [6, 6.07) is 0. The van der Waals surface area contributed by atoms with Crippen molar-refractivity contribution in [2.75, 3.05) is 0 Å². The van der Waals surface area contributed by atoms with Gasteiger partial charge in [0.2, 0.25) is 0 Å². The van der Waals surface area contributed by atoms with Crippen LogP contribution in [0.3, 0.4) is 0 Å². The fraction of sp³-hybridized carbons (Fsp3) is 0.400. The van der Waals surface area contributed by atoms with Crippen LogP contribution in [0, 0.1) is 6.92 Å². The molecule has 0 saturated heterocycles. The zero-order valence-electron chi connectivity index (χ0n) is 8.81. The predicted molar refractivity (Wildman–Crippen MR) is 54.8 cm³/mol. The van der Waals surface area contributed by atoms with Crippen molar-refractivity contribution < 1.29 is 20.4 Å². The summed E-state index contributed by atoms with van der Waals surface area (Å²) in [5.41, 5.74) is 2.69. The van der Waals surface area contributed by atoms with Gasteiger partial charge in [-0.25, -0.2) is 15.0 Å². The summed E-state index contributed by atoms with van der Waals surface area (Å²) in [5, 5.41) is 0. The molecule has 2 aromatic heterocycles. The van der Waals surface area contributed by atoms with E-state index in [0.29, 0.717) is 0 Å². The van der Waals surface area contributed by atoms with Gasteiger partial charge in [0.25, 0.3) is 0 Å². The Morgan fingerprint density at radius 2 is 2.13 bits per heavy atom. The molecule has 5 heteroatoms. The van der Waals surface area contributed by atoms with Gasteiger partial charge in [-0.3, -0.25) is 0 Å². The molecule has 15 heavy (non-hydrogen) atoms. The van der Waals surface area contributed by atoms with Gasteiger partial charge >= 0.3 is 0 Å². The maximum absolute atomic E-state index is 4.31. The number of hydrogen-bond acceptors (Lipinski definition) is 3. The quantitative estimate of drug-likeness (QED) is 0.752. The number of aryl methyl sites for hydroxylation is 1. The molecule has 0 bridgehead atoms. The van der Waals surface area contributed by atoms with Crippen molar-refractivity contribution >= 4 is 11.2 Å². The first kappa shape index (κ1) is 12.3. The molecule has 0 aromatic carbocycles. The van der Waals surface area contributed by atoms with Crippen LogP contribution in [0.2, 0.25) is 0 Å². The van der Waals surface area contributed by atoms with E-state index < -0.39 is 0 Å². The van der Waals surface area contributed by atoms with E-state index in [2.05, 4.69) is 28.8 Å². The van der Waals surface area contributed by atoms with Gasteiger partial charge in [0.05, 0.1) is 6.33 Å². The summed E-state index contributed by atoms with van der Waals surface area (Å²) in [6.45, 7) is 8.90. The molecule has 0 amide bonds. The molecule has 1 radical (unpaired) electrons. The summed E-state index contributed by atoms with van der Waals surface area (Å²) in [6.07, 6.45) is 3.37. The zero-order chi connectivity index (χ0) is 10.1. The van der Waals surface area contributed by atoms with Crippen LogP contribution >= 0.6 is 0 Å². The van der Waals surface area contributed by atoms with Gasteiger partial charge in [-0.2, -0.15) is 0 Å². The third-order valence-corrected chi connectivity index (χ3v) is 2.24. The molecule has 0 aliphatic heterocycles. The Labute approximate surface area is 103 Å². The Morgan fingerprint density at radius 1 is 1.40 bits per heavy atom. The average molecular weight is 375 g/mol. The maximum atomic E-state index is 4.31. The fourth-order valence-corrected chi connectivity index (χ4v) is 1.49. The Bertz CT molecular complexity index is 450. The SMILES string of the molecule is [CH2-]C(C)c1ncnc2c1ncn2CC.[Re]. The average Bonchev–Trinajstić information content (AvgIpc) is 2.59. The van der Waals surface area contributed by atoms with Crippen molar-refractivity contribution in [2.45, 2.75) is 26.3 Å². The Hall–Kier alpha value is -0.788. The standard InChI is InChI=1S/C10H13N4.Re/c1-4-14-6-13-9-8(7(2)3)11-5-12-10(9)14;/h5-7H,2,4H2,1,3H3;/q-1;. The van der Waals surface area contributed by atoms with Gasteiger partial charge in [0, 0.05) is 32.7 Å². The van der Waals surface area contributed by atoms with E-state index in [-0.39, 0.29) is 26.3 Å². The van der Waals surface area contributed by atoms with Crippen molar-refractivity contribution in [2.24, 2.45) is 0 Å². The van der Waals surface area contributed by atoms with Crippen molar-refractivity contribution in [3.8, 4) is 0 Å². The molecule has 1 atom stereocenters. The molecule has 81 valence electrons. The van der Waals surface area contributed by atoms with Gasteiger partial charge in [0.15, 0.2) is 5.65 Å². The molecule has 2 rings (SSSR count). The minimum atomic E-state index is 0. The van der Waals surface area contributed by atoms with Crippen LogP contribution in [0.1, 0.15) is 25.5 Å². The van der Waals surface area contributed by atoms with E-state index in [4.69, 9.17) is 0 Å². The largest absolute Gasteiger partial charge is 0.335 e. The summed E-state index contributed by atoms with van der Waals surface area (Å²) in [4.78, 5) is 12.7. The van der Waals surface area contributed by atoms with Gasteiger partial charge in [0.1, 0.15) is 11.8 Å². The number of nitrogens with zero attached hydrogens (tertiary/aromatic N) is 4. The van der Waals surface area contributed by atoms with Gasteiger partial charge in [-0.05, 0) is 6.92 Å². The molecule has 0 aliphatic carbocycles. The summed E-state index contributed by atoms with van der Waals surface area (Å²) < 4.78 is 2.00. The minimum Gasteiger partial charge on any atom is -0.335 e. The van der Waals surface area contributed by atoms with Crippen molar-refractivity contribution in [3.63, 3.8) is 0 Å². The zero-order valence-corrected chi connectivity index (χ0v) is 11.5. The van der Waals surface area contributed by atoms with Crippen molar-refractivity contribution in [1.82, 2.24) is 19.5 Å². The molecule has 1 unspecified atom stereocenters. The molecule has 2 aromatic rings. The van der Waals surface area contributed by atoms with E-state index in [1.165, 1.54) is 0 Å². The molecular weight excluding hydrogens is 362 g/mol.